The maximum absolute atomic E-state index is 13.2. The van der Waals surface area contributed by atoms with E-state index in [4.69, 9.17) is 5.11 Å². The number of hydrogen-bond donors (Lipinski definition) is 1. The van der Waals surface area contributed by atoms with Crippen molar-refractivity contribution in [2.45, 2.75) is 13.1 Å². The van der Waals surface area contributed by atoms with Crippen LogP contribution in [0.4, 0.5) is 4.39 Å². The third kappa shape index (κ3) is 4.37. The van der Waals surface area contributed by atoms with Crippen LogP contribution in [0, 0.1) is 5.82 Å². The fourth-order valence-electron chi connectivity index (χ4n) is 2.07. The molecule has 0 spiro atoms. The van der Waals surface area contributed by atoms with Crippen LogP contribution < -0.4 is 0 Å². The lowest BCUT2D eigenvalue weighted by atomic mass is 10.1. The van der Waals surface area contributed by atoms with Gasteiger partial charge < -0.3 is 5.11 Å². The van der Waals surface area contributed by atoms with E-state index in [2.05, 4.69) is 20.8 Å². The summed E-state index contributed by atoms with van der Waals surface area (Å²) in [6.45, 7) is 1.37. The van der Waals surface area contributed by atoms with E-state index in [-0.39, 0.29) is 11.4 Å². The lowest BCUT2D eigenvalue weighted by molar-refractivity contribution is 0.0697. The number of hydrogen-bond acceptors (Lipinski definition) is 2. The summed E-state index contributed by atoms with van der Waals surface area (Å²) in [6.07, 6.45) is 0. The second-order valence-electron chi connectivity index (χ2n) is 4.92. The normalized spacial score (nSPS) is 10.9. The van der Waals surface area contributed by atoms with Gasteiger partial charge in [-0.05, 0) is 58.4 Å². The number of nitrogens with zero attached hydrogens (tertiary/aromatic N) is 1. The summed E-state index contributed by atoms with van der Waals surface area (Å²) < 4.78 is 13.6. The van der Waals surface area contributed by atoms with Gasteiger partial charge in [0.2, 0.25) is 0 Å². The van der Waals surface area contributed by atoms with E-state index in [1.165, 1.54) is 6.07 Å². The third-order valence-electron chi connectivity index (χ3n) is 3.09. The molecule has 0 heterocycles. The molecule has 0 atom stereocenters. The van der Waals surface area contributed by atoms with E-state index in [1.807, 2.05) is 7.05 Å². The quantitative estimate of drug-likeness (QED) is 0.887. The first-order valence-electron chi connectivity index (χ1n) is 6.40. The first-order valence-corrected chi connectivity index (χ1v) is 7.19. The van der Waals surface area contributed by atoms with Crippen molar-refractivity contribution in [1.29, 1.82) is 0 Å². The highest BCUT2D eigenvalue weighted by molar-refractivity contribution is 9.10. The van der Waals surface area contributed by atoms with E-state index in [0.717, 1.165) is 11.1 Å². The van der Waals surface area contributed by atoms with Crippen LogP contribution in [-0.4, -0.2) is 23.0 Å². The van der Waals surface area contributed by atoms with E-state index >= 15 is 0 Å². The zero-order valence-corrected chi connectivity index (χ0v) is 13.1. The molecule has 0 aliphatic rings. The van der Waals surface area contributed by atoms with Gasteiger partial charge in [0.15, 0.2) is 0 Å². The van der Waals surface area contributed by atoms with Crippen LogP contribution >= 0.6 is 15.9 Å². The largest absolute Gasteiger partial charge is 0.478 e. The minimum atomic E-state index is -0.925. The Hall–Kier alpha value is -1.72. The lowest BCUT2D eigenvalue weighted by Gasteiger charge is -2.17. The Morgan fingerprint density at radius 2 is 1.71 bits per heavy atom. The average molecular weight is 352 g/mol. The molecule has 1 N–H and O–H groups in total. The van der Waals surface area contributed by atoms with Gasteiger partial charge in [-0.25, -0.2) is 9.18 Å². The molecule has 21 heavy (non-hydrogen) atoms. The summed E-state index contributed by atoms with van der Waals surface area (Å²) in [4.78, 5) is 12.9. The van der Waals surface area contributed by atoms with Crippen LogP contribution in [0.5, 0.6) is 0 Å². The number of aromatic carboxylic acids is 1. The standard InChI is InChI=1S/C16H15BrFNO2/c1-19(10-12-4-7-15(18)14(17)8-12)9-11-2-5-13(6-3-11)16(20)21/h2-8H,9-10H2,1H3,(H,20,21). The summed E-state index contributed by atoms with van der Waals surface area (Å²) in [5.41, 5.74) is 2.32. The van der Waals surface area contributed by atoms with E-state index in [0.29, 0.717) is 17.6 Å². The van der Waals surface area contributed by atoms with Crippen molar-refractivity contribution in [2.24, 2.45) is 0 Å². The molecule has 0 unspecified atom stereocenters. The fourth-order valence-corrected chi connectivity index (χ4v) is 2.50. The fraction of sp³-hybridized carbons (Fsp3) is 0.188. The van der Waals surface area contributed by atoms with Gasteiger partial charge in [-0.3, -0.25) is 4.90 Å². The van der Waals surface area contributed by atoms with Gasteiger partial charge in [0.25, 0.3) is 0 Å². The highest BCUT2D eigenvalue weighted by Gasteiger charge is 2.06. The molecule has 5 heteroatoms. The zero-order chi connectivity index (χ0) is 15.4. The molecule has 3 nitrogen and oxygen atoms in total. The van der Waals surface area contributed by atoms with Crippen molar-refractivity contribution in [2.75, 3.05) is 7.05 Å². The minimum Gasteiger partial charge on any atom is -0.478 e. The molecule has 0 fully saturated rings. The summed E-state index contributed by atoms with van der Waals surface area (Å²) in [5.74, 6) is -1.20. The van der Waals surface area contributed by atoms with Crippen molar-refractivity contribution in [3.8, 4) is 0 Å². The van der Waals surface area contributed by atoms with E-state index < -0.39 is 5.97 Å². The molecule has 0 radical (unpaired) electrons. The molecule has 0 aliphatic carbocycles. The van der Waals surface area contributed by atoms with Gasteiger partial charge in [-0.15, -0.1) is 0 Å². The number of halogens is 2. The molecule has 0 aromatic heterocycles. The van der Waals surface area contributed by atoms with Gasteiger partial charge in [-0.2, -0.15) is 0 Å². The van der Waals surface area contributed by atoms with Crippen LogP contribution in [0.2, 0.25) is 0 Å². The summed E-state index contributed by atoms with van der Waals surface area (Å²) in [7, 11) is 1.96. The Labute approximate surface area is 131 Å². The molecule has 0 saturated carbocycles. The summed E-state index contributed by atoms with van der Waals surface area (Å²) >= 11 is 3.18. The van der Waals surface area contributed by atoms with Crippen molar-refractivity contribution in [3.63, 3.8) is 0 Å². The molecule has 2 aromatic rings. The topological polar surface area (TPSA) is 40.5 Å². The maximum atomic E-state index is 13.2. The number of rotatable bonds is 5. The smallest absolute Gasteiger partial charge is 0.335 e. The maximum Gasteiger partial charge on any atom is 0.335 e. The molecule has 0 amide bonds. The summed E-state index contributed by atoms with van der Waals surface area (Å²) in [5, 5.41) is 8.86. The van der Waals surface area contributed by atoms with Gasteiger partial charge in [0.05, 0.1) is 10.0 Å². The monoisotopic (exact) mass is 351 g/mol. The minimum absolute atomic E-state index is 0.273. The average Bonchev–Trinajstić information content (AvgIpc) is 2.43. The number of benzene rings is 2. The molecule has 0 bridgehead atoms. The highest BCUT2D eigenvalue weighted by atomic mass is 79.9. The Morgan fingerprint density at radius 3 is 2.29 bits per heavy atom. The number of carboxylic acids is 1. The van der Waals surface area contributed by atoms with Crippen molar-refractivity contribution in [1.82, 2.24) is 4.90 Å². The Kier molecular flexibility index (Phi) is 5.09. The van der Waals surface area contributed by atoms with E-state index in [1.54, 1.807) is 36.4 Å². The van der Waals surface area contributed by atoms with Crippen LogP contribution in [0.15, 0.2) is 46.9 Å². The predicted octanol–water partition coefficient (Wildman–Crippen LogP) is 3.92. The summed E-state index contributed by atoms with van der Waals surface area (Å²) in [6, 6.07) is 11.8. The van der Waals surface area contributed by atoms with Crippen molar-refractivity contribution < 1.29 is 14.3 Å². The van der Waals surface area contributed by atoms with Crippen LogP contribution in [0.3, 0.4) is 0 Å². The van der Waals surface area contributed by atoms with Crippen molar-refractivity contribution >= 4 is 21.9 Å². The van der Waals surface area contributed by atoms with Crippen molar-refractivity contribution in [3.05, 3.63) is 69.4 Å². The first kappa shape index (κ1) is 15.7. The van der Waals surface area contributed by atoms with Gasteiger partial charge in [0.1, 0.15) is 5.82 Å². The van der Waals surface area contributed by atoms with Crippen LogP contribution in [-0.2, 0) is 13.1 Å². The first-order chi connectivity index (χ1) is 9.95. The van der Waals surface area contributed by atoms with Gasteiger partial charge in [-0.1, -0.05) is 18.2 Å². The van der Waals surface area contributed by atoms with E-state index in [9.17, 15) is 9.18 Å². The molecular weight excluding hydrogens is 337 g/mol. The molecule has 2 aromatic carbocycles. The second kappa shape index (κ2) is 6.83. The predicted molar refractivity (Wildman–Crippen MR) is 82.7 cm³/mol. The third-order valence-corrected chi connectivity index (χ3v) is 3.70. The Bertz CT molecular complexity index is 643. The molecular formula is C16H15BrFNO2. The number of carboxylic acid groups (broad SMARTS) is 1. The zero-order valence-electron chi connectivity index (χ0n) is 11.5. The highest BCUT2D eigenvalue weighted by Crippen LogP contribution is 2.18. The van der Waals surface area contributed by atoms with Gasteiger partial charge >= 0.3 is 5.97 Å². The number of carbonyl (C=O) groups is 1. The lowest BCUT2D eigenvalue weighted by Crippen LogP contribution is -2.17. The van der Waals surface area contributed by atoms with Crippen LogP contribution in [0.1, 0.15) is 21.5 Å². The Balaban J connectivity index is 1.99. The second-order valence-corrected chi connectivity index (χ2v) is 5.78. The van der Waals surface area contributed by atoms with Gasteiger partial charge in [0, 0.05) is 13.1 Å². The molecule has 0 aliphatic heterocycles. The molecule has 0 saturated heterocycles. The molecule has 110 valence electrons. The SMILES string of the molecule is CN(Cc1ccc(C(=O)O)cc1)Cc1ccc(F)c(Br)c1. The van der Waals surface area contributed by atoms with Crippen LogP contribution in [0.25, 0.3) is 0 Å². The Morgan fingerprint density at radius 1 is 1.14 bits per heavy atom. The molecule has 2 rings (SSSR count).